The first-order chi connectivity index (χ1) is 12.5. The van der Waals surface area contributed by atoms with Crippen molar-refractivity contribution in [3.05, 3.63) is 0 Å². The zero-order valence-electron chi connectivity index (χ0n) is 15.3. The van der Waals surface area contributed by atoms with Crippen molar-refractivity contribution < 1.29 is 14.4 Å². The van der Waals surface area contributed by atoms with Gasteiger partial charge in [0.05, 0.1) is 0 Å². The smallest absolute Gasteiger partial charge is 0.325 e. The Bertz CT molecular complexity index is 612. The van der Waals surface area contributed by atoms with Gasteiger partial charge in [-0.3, -0.25) is 14.5 Å². The number of hydrogen-bond donors (Lipinski definition) is 2. The number of rotatable bonds is 3. The largest absolute Gasteiger partial charge is 0.351 e. The lowest BCUT2D eigenvalue weighted by Gasteiger charge is -2.54. The quantitative estimate of drug-likeness (QED) is 0.758. The summed E-state index contributed by atoms with van der Waals surface area (Å²) < 4.78 is 0. The zero-order chi connectivity index (χ0) is 17.9. The van der Waals surface area contributed by atoms with Crippen LogP contribution < -0.4 is 10.6 Å². The highest BCUT2D eigenvalue weighted by Crippen LogP contribution is 2.53. The van der Waals surface area contributed by atoms with E-state index in [2.05, 4.69) is 10.6 Å². The SMILES string of the molecule is O=C(CN1C(=O)NC2(CCCCC2)C1=O)NC1C2CC3CC(C2)CC1C3. The maximum Gasteiger partial charge on any atom is 0.325 e. The van der Waals surface area contributed by atoms with E-state index in [1.165, 1.54) is 32.1 Å². The monoisotopic (exact) mass is 359 g/mol. The van der Waals surface area contributed by atoms with Crippen LogP contribution in [0.4, 0.5) is 4.79 Å². The summed E-state index contributed by atoms with van der Waals surface area (Å²) in [5, 5.41) is 6.10. The van der Waals surface area contributed by atoms with Gasteiger partial charge in [-0.1, -0.05) is 19.3 Å². The van der Waals surface area contributed by atoms with Crippen LogP contribution in [0.5, 0.6) is 0 Å². The predicted molar refractivity (Wildman–Crippen MR) is 95.0 cm³/mol. The van der Waals surface area contributed by atoms with E-state index in [0.717, 1.165) is 36.0 Å². The van der Waals surface area contributed by atoms with Crippen LogP contribution in [0.25, 0.3) is 0 Å². The molecule has 4 amide bonds. The van der Waals surface area contributed by atoms with Crippen LogP contribution >= 0.6 is 0 Å². The summed E-state index contributed by atoms with van der Waals surface area (Å²) in [6, 6.07) is -0.142. The molecule has 0 aromatic carbocycles. The van der Waals surface area contributed by atoms with Crippen molar-refractivity contribution in [1.82, 2.24) is 15.5 Å². The molecule has 142 valence electrons. The molecule has 1 aliphatic heterocycles. The standard InChI is InChI=1S/C20H29N3O3/c24-16(21-17-14-7-12-6-13(9-14)10-15(17)8-12)11-23-18(25)20(22-19(23)26)4-2-1-3-5-20/h12-15,17H,1-11H2,(H,21,24)(H,22,26). The molecule has 6 fully saturated rings. The second-order valence-electron chi connectivity index (χ2n) is 9.49. The molecule has 6 rings (SSSR count). The van der Waals surface area contributed by atoms with Crippen molar-refractivity contribution in [2.45, 2.75) is 75.8 Å². The van der Waals surface area contributed by atoms with Gasteiger partial charge in [-0.15, -0.1) is 0 Å². The highest BCUT2D eigenvalue weighted by atomic mass is 16.2. The van der Waals surface area contributed by atoms with Crippen molar-refractivity contribution >= 4 is 17.8 Å². The molecule has 5 aliphatic carbocycles. The van der Waals surface area contributed by atoms with Crippen molar-refractivity contribution in [1.29, 1.82) is 0 Å². The number of nitrogens with zero attached hydrogens (tertiary/aromatic N) is 1. The lowest BCUT2D eigenvalue weighted by molar-refractivity contribution is -0.136. The van der Waals surface area contributed by atoms with Crippen LogP contribution in [0.15, 0.2) is 0 Å². The number of amides is 4. The Balaban J connectivity index is 1.23. The fraction of sp³-hybridized carbons (Fsp3) is 0.850. The Labute approximate surface area is 154 Å². The molecular weight excluding hydrogens is 330 g/mol. The molecule has 6 heteroatoms. The minimum atomic E-state index is -0.738. The molecule has 6 nitrogen and oxygen atoms in total. The van der Waals surface area contributed by atoms with E-state index in [9.17, 15) is 14.4 Å². The first-order valence-corrected chi connectivity index (χ1v) is 10.5. The minimum absolute atomic E-state index is 0.130. The van der Waals surface area contributed by atoms with E-state index in [4.69, 9.17) is 0 Å². The van der Waals surface area contributed by atoms with E-state index in [1.807, 2.05) is 0 Å². The maximum absolute atomic E-state index is 12.8. The Morgan fingerprint density at radius 1 is 1.00 bits per heavy atom. The highest BCUT2D eigenvalue weighted by molar-refractivity contribution is 6.09. The molecule has 2 N–H and O–H groups in total. The number of carbonyl (C=O) groups is 3. The van der Waals surface area contributed by atoms with Gasteiger partial charge in [-0.2, -0.15) is 0 Å². The predicted octanol–water partition coefficient (Wildman–Crippen LogP) is 2.18. The van der Waals surface area contributed by atoms with E-state index in [1.54, 1.807) is 0 Å². The lowest BCUT2D eigenvalue weighted by atomic mass is 9.54. The second kappa shape index (κ2) is 5.96. The van der Waals surface area contributed by atoms with Crippen LogP contribution in [0.3, 0.4) is 0 Å². The summed E-state index contributed by atoms with van der Waals surface area (Å²) in [6.45, 7) is -0.130. The van der Waals surface area contributed by atoms with Gasteiger partial charge in [0.25, 0.3) is 5.91 Å². The third kappa shape index (κ3) is 2.55. The Morgan fingerprint density at radius 2 is 1.62 bits per heavy atom. The Morgan fingerprint density at radius 3 is 2.23 bits per heavy atom. The summed E-state index contributed by atoms with van der Waals surface area (Å²) >= 11 is 0. The first-order valence-electron chi connectivity index (χ1n) is 10.5. The van der Waals surface area contributed by atoms with Gasteiger partial charge in [-0.25, -0.2) is 4.79 Å². The van der Waals surface area contributed by atoms with Crippen LogP contribution in [0.1, 0.15) is 64.2 Å². The molecule has 0 aromatic heterocycles. The molecule has 6 aliphatic rings. The van der Waals surface area contributed by atoms with Crippen LogP contribution in [0.2, 0.25) is 0 Å². The molecule has 5 saturated carbocycles. The number of hydrogen-bond acceptors (Lipinski definition) is 3. The maximum atomic E-state index is 12.8. The Kier molecular flexibility index (Phi) is 3.80. The lowest BCUT2D eigenvalue weighted by Crippen LogP contribution is -2.57. The zero-order valence-corrected chi connectivity index (χ0v) is 15.3. The van der Waals surface area contributed by atoms with E-state index >= 15 is 0 Å². The normalized spacial score (nSPS) is 40.2. The fourth-order valence-corrected chi connectivity index (χ4v) is 6.85. The van der Waals surface area contributed by atoms with E-state index < -0.39 is 11.6 Å². The second-order valence-corrected chi connectivity index (χ2v) is 9.49. The van der Waals surface area contributed by atoms with E-state index in [-0.39, 0.29) is 24.4 Å². The molecule has 0 radical (unpaired) electrons. The topological polar surface area (TPSA) is 78.5 Å². The van der Waals surface area contributed by atoms with Crippen molar-refractivity contribution in [2.75, 3.05) is 6.54 Å². The molecule has 0 aromatic rings. The van der Waals surface area contributed by atoms with Crippen LogP contribution in [0, 0.1) is 23.7 Å². The average molecular weight is 359 g/mol. The third-order valence-electron chi connectivity index (χ3n) is 7.81. The summed E-state index contributed by atoms with van der Waals surface area (Å²) in [6.07, 6.45) is 10.8. The molecule has 1 spiro atoms. The van der Waals surface area contributed by atoms with Gasteiger partial charge < -0.3 is 10.6 Å². The third-order valence-corrected chi connectivity index (χ3v) is 7.81. The van der Waals surface area contributed by atoms with Crippen molar-refractivity contribution in [2.24, 2.45) is 23.7 Å². The molecule has 1 saturated heterocycles. The van der Waals surface area contributed by atoms with Gasteiger partial charge >= 0.3 is 6.03 Å². The summed E-state index contributed by atoms with van der Waals surface area (Å²) in [5.41, 5.74) is -0.738. The van der Waals surface area contributed by atoms with Crippen molar-refractivity contribution in [3.63, 3.8) is 0 Å². The van der Waals surface area contributed by atoms with E-state index in [0.29, 0.717) is 24.7 Å². The number of urea groups is 1. The molecule has 0 atom stereocenters. The summed E-state index contributed by atoms with van der Waals surface area (Å²) in [5.74, 6) is 2.57. The number of nitrogens with one attached hydrogen (secondary N) is 2. The Hall–Kier alpha value is -1.59. The van der Waals surface area contributed by atoms with Gasteiger partial charge in [0.2, 0.25) is 5.91 Å². The molecule has 26 heavy (non-hydrogen) atoms. The first kappa shape index (κ1) is 16.6. The van der Waals surface area contributed by atoms with Gasteiger partial charge in [0.15, 0.2) is 0 Å². The van der Waals surface area contributed by atoms with Crippen LogP contribution in [-0.4, -0.2) is 40.9 Å². The summed E-state index contributed by atoms with van der Waals surface area (Å²) in [4.78, 5) is 39.0. The highest BCUT2D eigenvalue weighted by Gasteiger charge is 2.52. The van der Waals surface area contributed by atoms with Crippen molar-refractivity contribution in [3.8, 4) is 0 Å². The molecular formula is C20H29N3O3. The minimum Gasteiger partial charge on any atom is -0.351 e. The fourth-order valence-electron chi connectivity index (χ4n) is 6.85. The van der Waals surface area contributed by atoms with Gasteiger partial charge in [0.1, 0.15) is 12.1 Å². The van der Waals surface area contributed by atoms with Crippen LogP contribution in [-0.2, 0) is 9.59 Å². The van der Waals surface area contributed by atoms with Gasteiger partial charge in [-0.05, 0) is 68.6 Å². The average Bonchev–Trinajstić information content (AvgIpc) is 2.82. The van der Waals surface area contributed by atoms with Gasteiger partial charge in [0, 0.05) is 6.04 Å². The molecule has 0 unspecified atom stereocenters. The number of imide groups is 1. The number of carbonyl (C=O) groups excluding carboxylic acids is 3. The summed E-state index contributed by atoms with van der Waals surface area (Å²) in [7, 11) is 0. The molecule has 1 heterocycles. The molecule has 4 bridgehead atoms.